The van der Waals surface area contributed by atoms with Crippen molar-refractivity contribution in [3.05, 3.63) is 35.1 Å². The fraction of sp³-hybridized carbons (Fsp3) is 0.417. The average molecular weight is 240 g/mol. The quantitative estimate of drug-likeness (QED) is 0.872. The molecular weight excluding hydrogens is 227 g/mol. The first-order chi connectivity index (χ1) is 8.16. The summed E-state index contributed by atoms with van der Waals surface area (Å²) in [5.74, 6) is -2.00. The number of carbonyl (C=O) groups is 1. The maximum Gasteiger partial charge on any atom is 0.338 e. The highest BCUT2D eigenvalue weighted by molar-refractivity contribution is 5.88. The fourth-order valence-electron chi connectivity index (χ4n) is 1.68. The summed E-state index contributed by atoms with van der Waals surface area (Å²) in [6, 6.07) is 3.97. The van der Waals surface area contributed by atoms with E-state index in [1.165, 1.54) is 12.1 Å². The van der Waals surface area contributed by atoms with Crippen LogP contribution in [0.4, 0.5) is 4.39 Å². The van der Waals surface area contributed by atoms with Gasteiger partial charge in [0.05, 0.1) is 24.9 Å². The summed E-state index contributed by atoms with van der Waals surface area (Å²) in [5.41, 5.74) is 0.324. The van der Waals surface area contributed by atoms with Crippen molar-refractivity contribution in [1.29, 1.82) is 0 Å². The number of halogens is 1. The summed E-state index contributed by atoms with van der Waals surface area (Å²) in [6.07, 6.45) is 0.890. The van der Waals surface area contributed by atoms with Gasteiger partial charge in [-0.2, -0.15) is 0 Å². The van der Waals surface area contributed by atoms with E-state index in [1.807, 2.05) is 0 Å². The van der Waals surface area contributed by atoms with Gasteiger partial charge >= 0.3 is 5.97 Å². The van der Waals surface area contributed by atoms with Gasteiger partial charge in [-0.05, 0) is 24.1 Å². The summed E-state index contributed by atoms with van der Waals surface area (Å²) in [4.78, 5) is 10.7. The maximum absolute atomic E-state index is 13.1. The molecule has 17 heavy (non-hydrogen) atoms. The van der Waals surface area contributed by atoms with Crippen LogP contribution in [0.2, 0.25) is 0 Å². The summed E-state index contributed by atoms with van der Waals surface area (Å²) >= 11 is 0. The lowest BCUT2D eigenvalue weighted by Gasteiger charge is -2.10. The predicted octanol–water partition coefficient (Wildman–Crippen LogP) is 1.83. The third kappa shape index (κ3) is 3.01. The number of aromatic carboxylic acids is 1. The minimum absolute atomic E-state index is 0.0494. The highest BCUT2D eigenvalue weighted by Gasteiger charge is 2.16. The van der Waals surface area contributed by atoms with Gasteiger partial charge in [-0.1, -0.05) is 6.07 Å². The van der Waals surface area contributed by atoms with Crippen molar-refractivity contribution >= 4 is 5.97 Å². The summed E-state index contributed by atoms with van der Waals surface area (Å²) in [7, 11) is 0. The number of hydrogen-bond acceptors (Lipinski definition) is 3. The van der Waals surface area contributed by atoms with Crippen LogP contribution < -0.4 is 0 Å². The number of carboxylic acids is 1. The van der Waals surface area contributed by atoms with Crippen LogP contribution in [-0.4, -0.2) is 30.4 Å². The monoisotopic (exact) mass is 240 g/mol. The molecular formula is C12H13FO4. The van der Waals surface area contributed by atoms with Crippen LogP contribution in [0.3, 0.4) is 0 Å². The number of rotatable bonds is 4. The minimum atomic E-state index is -1.27. The summed E-state index contributed by atoms with van der Waals surface area (Å²) in [6.45, 7) is 1.52. The molecule has 1 N–H and O–H groups in total. The van der Waals surface area contributed by atoms with Crippen LogP contribution >= 0.6 is 0 Å². The summed E-state index contributed by atoms with van der Waals surface area (Å²) < 4.78 is 23.8. The zero-order valence-electron chi connectivity index (χ0n) is 9.19. The molecule has 1 aliphatic heterocycles. The van der Waals surface area contributed by atoms with Gasteiger partial charge in [-0.15, -0.1) is 0 Å². The number of hydrogen-bond donors (Lipinski definition) is 1. The van der Waals surface area contributed by atoms with Gasteiger partial charge in [0.2, 0.25) is 0 Å². The largest absolute Gasteiger partial charge is 0.478 e. The van der Waals surface area contributed by atoms with Gasteiger partial charge in [0.25, 0.3) is 0 Å². The van der Waals surface area contributed by atoms with Crippen LogP contribution in [-0.2, 0) is 16.1 Å². The Kier molecular flexibility index (Phi) is 3.71. The van der Waals surface area contributed by atoms with Crippen LogP contribution in [0.5, 0.6) is 0 Å². The van der Waals surface area contributed by atoms with Crippen molar-refractivity contribution < 1.29 is 23.8 Å². The molecule has 1 unspecified atom stereocenters. The Bertz CT molecular complexity index is 413. The molecule has 5 heteroatoms. The first-order valence-electron chi connectivity index (χ1n) is 5.38. The van der Waals surface area contributed by atoms with E-state index in [0.29, 0.717) is 18.8 Å². The zero-order valence-corrected chi connectivity index (χ0v) is 9.19. The molecule has 1 heterocycles. The molecule has 1 aliphatic rings. The second-order valence-corrected chi connectivity index (χ2v) is 3.92. The standard InChI is InChI=1S/C12H13FO4/c13-11-2-1-8(5-10(11)12(14)15)6-17-9-3-4-16-7-9/h1-2,5,9H,3-4,6-7H2,(H,14,15). The highest BCUT2D eigenvalue weighted by Crippen LogP contribution is 2.14. The van der Waals surface area contributed by atoms with Gasteiger partial charge in [0, 0.05) is 6.61 Å². The van der Waals surface area contributed by atoms with Crippen LogP contribution in [0, 0.1) is 5.82 Å². The topological polar surface area (TPSA) is 55.8 Å². The number of carboxylic acid groups (broad SMARTS) is 1. The molecule has 1 saturated heterocycles. The molecule has 0 radical (unpaired) electrons. The van der Waals surface area contributed by atoms with Crippen molar-refractivity contribution in [3.8, 4) is 0 Å². The second kappa shape index (κ2) is 5.25. The van der Waals surface area contributed by atoms with Gasteiger partial charge in [-0.25, -0.2) is 9.18 Å². The van der Waals surface area contributed by atoms with Crippen molar-refractivity contribution in [3.63, 3.8) is 0 Å². The molecule has 0 saturated carbocycles. The normalized spacial score (nSPS) is 19.5. The Morgan fingerprint density at radius 1 is 1.59 bits per heavy atom. The van der Waals surface area contributed by atoms with E-state index in [4.69, 9.17) is 14.6 Å². The van der Waals surface area contributed by atoms with Gasteiger partial charge < -0.3 is 14.6 Å². The van der Waals surface area contributed by atoms with Crippen LogP contribution in [0.15, 0.2) is 18.2 Å². The first kappa shape index (κ1) is 12.0. The predicted molar refractivity (Wildman–Crippen MR) is 57.4 cm³/mol. The van der Waals surface area contributed by atoms with Gasteiger partial charge in [0.1, 0.15) is 5.82 Å². The Labute approximate surface area is 98.0 Å². The maximum atomic E-state index is 13.1. The van der Waals surface area contributed by atoms with Crippen LogP contribution in [0.1, 0.15) is 22.3 Å². The molecule has 0 aliphatic carbocycles. The van der Waals surface area contributed by atoms with Crippen molar-refractivity contribution in [2.24, 2.45) is 0 Å². The SMILES string of the molecule is O=C(O)c1cc(COC2CCOC2)ccc1F. The molecule has 1 aromatic carbocycles. The smallest absolute Gasteiger partial charge is 0.338 e. The van der Waals surface area contributed by atoms with E-state index in [2.05, 4.69) is 0 Å². The molecule has 0 bridgehead atoms. The van der Waals surface area contributed by atoms with Crippen molar-refractivity contribution in [2.45, 2.75) is 19.1 Å². The van der Waals surface area contributed by atoms with E-state index < -0.39 is 11.8 Å². The third-order valence-corrected chi connectivity index (χ3v) is 2.63. The van der Waals surface area contributed by atoms with Crippen LogP contribution in [0.25, 0.3) is 0 Å². The molecule has 0 aromatic heterocycles. The minimum Gasteiger partial charge on any atom is -0.478 e. The average Bonchev–Trinajstić information content (AvgIpc) is 2.80. The van der Waals surface area contributed by atoms with Gasteiger partial charge in [-0.3, -0.25) is 0 Å². The van der Waals surface area contributed by atoms with Crippen molar-refractivity contribution in [2.75, 3.05) is 13.2 Å². The molecule has 4 nitrogen and oxygen atoms in total. The Balaban J connectivity index is 2.00. The lowest BCUT2D eigenvalue weighted by Crippen LogP contribution is -2.12. The first-order valence-corrected chi connectivity index (χ1v) is 5.38. The number of ether oxygens (including phenoxy) is 2. The van der Waals surface area contributed by atoms with Crippen molar-refractivity contribution in [1.82, 2.24) is 0 Å². The van der Waals surface area contributed by atoms with Gasteiger partial charge in [0.15, 0.2) is 0 Å². The molecule has 1 atom stereocenters. The summed E-state index contributed by atoms with van der Waals surface area (Å²) in [5, 5.41) is 8.77. The van der Waals surface area contributed by atoms with E-state index >= 15 is 0 Å². The Morgan fingerprint density at radius 2 is 2.41 bits per heavy atom. The molecule has 1 aromatic rings. The van der Waals surface area contributed by atoms with E-state index in [1.54, 1.807) is 0 Å². The molecule has 2 rings (SSSR count). The fourth-order valence-corrected chi connectivity index (χ4v) is 1.68. The third-order valence-electron chi connectivity index (χ3n) is 2.63. The molecule has 92 valence electrons. The molecule has 1 fully saturated rings. The molecule has 0 spiro atoms. The molecule has 0 amide bonds. The van der Waals surface area contributed by atoms with E-state index in [9.17, 15) is 9.18 Å². The lowest BCUT2D eigenvalue weighted by molar-refractivity contribution is 0.0317. The Hall–Kier alpha value is -1.46. The zero-order chi connectivity index (χ0) is 12.3. The second-order valence-electron chi connectivity index (χ2n) is 3.92. The van der Waals surface area contributed by atoms with E-state index in [0.717, 1.165) is 12.5 Å². The van der Waals surface area contributed by atoms with E-state index in [-0.39, 0.29) is 18.3 Å². The number of benzene rings is 1. The highest BCUT2D eigenvalue weighted by atomic mass is 19.1. The lowest BCUT2D eigenvalue weighted by atomic mass is 10.1. The Morgan fingerprint density at radius 3 is 3.06 bits per heavy atom.